The number of aromatic nitrogens is 1. The van der Waals surface area contributed by atoms with Crippen LogP contribution in [-0.2, 0) is 16.0 Å². The number of hydrogen-bond donors (Lipinski definition) is 1. The van der Waals surface area contributed by atoms with Gasteiger partial charge in [0.15, 0.2) is 0 Å². The predicted molar refractivity (Wildman–Crippen MR) is 62.1 cm³/mol. The quantitative estimate of drug-likeness (QED) is 0.780. The van der Waals surface area contributed by atoms with Crippen LogP contribution in [0.2, 0.25) is 0 Å². The Kier molecular flexibility index (Phi) is 3.69. The zero-order chi connectivity index (χ0) is 12.1. The van der Waals surface area contributed by atoms with Crippen LogP contribution < -0.4 is 5.32 Å². The molecule has 2 amide bonds. The molecule has 90 valence electrons. The smallest absolute Gasteiger partial charge is 0.227 e. The van der Waals surface area contributed by atoms with E-state index in [1.807, 2.05) is 12.1 Å². The van der Waals surface area contributed by atoms with Crippen molar-refractivity contribution in [2.75, 3.05) is 19.6 Å². The zero-order valence-corrected chi connectivity index (χ0v) is 9.56. The van der Waals surface area contributed by atoms with Crippen molar-refractivity contribution < 1.29 is 9.59 Å². The van der Waals surface area contributed by atoms with E-state index in [1.54, 1.807) is 17.3 Å². The lowest BCUT2D eigenvalue weighted by atomic mass is 10.2. The van der Waals surface area contributed by atoms with Crippen LogP contribution in [0.15, 0.2) is 24.5 Å². The fraction of sp³-hybridized carbons (Fsp3) is 0.417. The van der Waals surface area contributed by atoms with Crippen LogP contribution in [0.3, 0.4) is 0 Å². The molecule has 0 atom stereocenters. The number of amides is 2. The second-order valence-corrected chi connectivity index (χ2v) is 4.02. The van der Waals surface area contributed by atoms with Crippen LogP contribution >= 0.6 is 0 Å². The van der Waals surface area contributed by atoms with Crippen molar-refractivity contribution in [1.29, 1.82) is 0 Å². The number of pyridine rings is 1. The van der Waals surface area contributed by atoms with Gasteiger partial charge < -0.3 is 10.2 Å². The first-order valence-electron chi connectivity index (χ1n) is 5.69. The second kappa shape index (κ2) is 5.43. The molecular weight excluding hydrogens is 218 g/mol. The first-order valence-corrected chi connectivity index (χ1v) is 5.69. The average Bonchev–Trinajstić information content (AvgIpc) is 2.55. The Hall–Kier alpha value is -1.91. The summed E-state index contributed by atoms with van der Waals surface area (Å²) in [7, 11) is 0. The zero-order valence-electron chi connectivity index (χ0n) is 9.56. The van der Waals surface area contributed by atoms with E-state index in [0.717, 1.165) is 5.56 Å². The maximum absolute atomic E-state index is 12.0. The summed E-state index contributed by atoms with van der Waals surface area (Å²) in [5.41, 5.74) is 0.904. The van der Waals surface area contributed by atoms with Crippen LogP contribution in [0.1, 0.15) is 12.0 Å². The third-order valence-corrected chi connectivity index (χ3v) is 2.74. The fourth-order valence-electron chi connectivity index (χ4n) is 1.81. The molecule has 0 saturated carbocycles. The Morgan fingerprint density at radius 2 is 2.35 bits per heavy atom. The van der Waals surface area contributed by atoms with E-state index in [9.17, 15) is 9.59 Å². The average molecular weight is 233 g/mol. The van der Waals surface area contributed by atoms with E-state index in [-0.39, 0.29) is 11.8 Å². The van der Waals surface area contributed by atoms with Crippen LogP contribution in [-0.4, -0.2) is 41.3 Å². The molecule has 0 aliphatic carbocycles. The van der Waals surface area contributed by atoms with Gasteiger partial charge in [0.05, 0.1) is 6.42 Å². The molecule has 1 aromatic heterocycles. The van der Waals surface area contributed by atoms with Gasteiger partial charge in [-0.2, -0.15) is 0 Å². The molecule has 1 aliphatic heterocycles. The van der Waals surface area contributed by atoms with Crippen molar-refractivity contribution in [3.63, 3.8) is 0 Å². The number of carbonyl (C=O) groups excluding carboxylic acids is 2. The van der Waals surface area contributed by atoms with Gasteiger partial charge in [-0.25, -0.2) is 0 Å². The van der Waals surface area contributed by atoms with Gasteiger partial charge in [-0.1, -0.05) is 6.07 Å². The number of rotatable bonds is 2. The lowest BCUT2D eigenvalue weighted by Gasteiger charge is -2.19. The van der Waals surface area contributed by atoms with E-state index in [4.69, 9.17) is 0 Å². The molecule has 1 N–H and O–H groups in total. The lowest BCUT2D eigenvalue weighted by molar-refractivity contribution is -0.130. The van der Waals surface area contributed by atoms with Crippen LogP contribution in [0.5, 0.6) is 0 Å². The highest BCUT2D eigenvalue weighted by Gasteiger charge is 2.18. The molecule has 2 heterocycles. The van der Waals surface area contributed by atoms with Crippen LogP contribution in [0.4, 0.5) is 0 Å². The summed E-state index contributed by atoms with van der Waals surface area (Å²) in [6, 6.07) is 3.70. The van der Waals surface area contributed by atoms with Crippen molar-refractivity contribution >= 4 is 11.8 Å². The van der Waals surface area contributed by atoms with E-state index in [2.05, 4.69) is 10.3 Å². The minimum Gasteiger partial charge on any atom is -0.354 e. The second-order valence-electron chi connectivity index (χ2n) is 4.02. The van der Waals surface area contributed by atoms with Crippen molar-refractivity contribution in [3.8, 4) is 0 Å². The maximum atomic E-state index is 12.0. The standard InChI is InChI=1S/C12H15N3O2/c16-11-3-6-15(7-5-14-11)12(17)8-10-2-1-4-13-9-10/h1-2,4,9H,3,5-8H2,(H,14,16). The van der Waals surface area contributed by atoms with Gasteiger partial charge in [-0.3, -0.25) is 14.6 Å². The first kappa shape index (κ1) is 11.6. The Labute approximate surface area is 99.8 Å². The van der Waals surface area contributed by atoms with Gasteiger partial charge >= 0.3 is 0 Å². The molecule has 17 heavy (non-hydrogen) atoms. The topological polar surface area (TPSA) is 62.3 Å². The van der Waals surface area contributed by atoms with Gasteiger partial charge in [0.1, 0.15) is 0 Å². The molecular formula is C12H15N3O2. The summed E-state index contributed by atoms with van der Waals surface area (Å²) in [4.78, 5) is 28.8. The minimum atomic E-state index is 0.0154. The number of carbonyl (C=O) groups is 2. The first-order chi connectivity index (χ1) is 8.25. The largest absolute Gasteiger partial charge is 0.354 e. The number of nitrogens with zero attached hydrogens (tertiary/aromatic N) is 2. The van der Waals surface area contributed by atoms with E-state index >= 15 is 0 Å². The van der Waals surface area contributed by atoms with E-state index in [1.165, 1.54) is 0 Å². The molecule has 1 aliphatic rings. The Bertz CT molecular complexity index is 405. The van der Waals surface area contributed by atoms with E-state index in [0.29, 0.717) is 32.5 Å². The summed E-state index contributed by atoms with van der Waals surface area (Å²) in [5, 5.41) is 2.75. The summed E-state index contributed by atoms with van der Waals surface area (Å²) < 4.78 is 0. The third kappa shape index (κ3) is 3.27. The van der Waals surface area contributed by atoms with Gasteiger partial charge in [0.2, 0.25) is 11.8 Å². The summed E-state index contributed by atoms with van der Waals surface area (Å²) in [5.74, 6) is 0.0659. The number of hydrogen-bond acceptors (Lipinski definition) is 3. The highest BCUT2D eigenvalue weighted by Crippen LogP contribution is 2.03. The fourth-order valence-corrected chi connectivity index (χ4v) is 1.81. The minimum absolute atomic E-state index is 0.0154. The molecule has 0 radical (unpaired) electrons. The molecule has 1 fully saturated rings. The molecule has 2 rings (SSSR count). The SMILES string of the molecule is O=C1CCN(C(=O)Cc2cccnc2)CCN1. The molecule has 0 unspecified atom stereocenters. The van der Waals surface area contributed by atoms with Crippen molar-refractivity contribution in [3.05, 3.63) is 30.1 Å². The van der Waals surface area contributed by atoms with Crippen molar-refractivity contribution in [2.24, 2.45) is 0 Å². The summed E-state index contributed by atoms with van der Waals surface area (Å²) in [6.07, 6.45) is 4.11. The van der Waals surface area contributed by atoms with Crippen LogP contribution in [0.25, 0.3) is 0 Å². The molecule has 1 saturated heterocycles. The van der Waals surface area contributed by atoms with Gasteiger partial charge in [-0.15, -0.1) is 0 Å². The molecule has 0 bridgehead atoms. The number of nitrogens with one attached hydrogen (secondary N) is 1. The highest BCUT2D eigenvalue weighted by atomic mass is 16.2. The van der Waals surface area contributed by atoms with Gasteiger partial charge in [0, 0.05) is 38.4 Å². The Morgan fingerprint density at radius 3 is 3.12 bits per heavy atom. The lowest BCUT2D eigenvalue weighted by Crippen LogP contribution is -2.35. The third-order valence-electron chi connectivity index (χ3n) is 2.74. The molecule has 5 nitrogen and oxygen atoms in total. The Morgan fingerprint density at radius 1 is 1.47 bits per heavy atom. The highest BCUT2D eigenvalue weighted by molar-refractivity contribution is 5.81. The molecule has 1 aromatic rings. The normalized spacial score (nSPS) is 16.2. The predicted octanol–water partition coefficient (Wildman–Crippen LogP) is -0.0274. The van der Waals surface area contributed by atoms with Gasteiger partial charge in [-0.05, 0) is 11.6 Å². The van der Waals surface area contributed by atoms with Crippen molar-refractivity contribution in [1.82, 2.24) is 15.2 Å². The molecule has 5 heteroatoms. The summed E-state index contributed by atoms with van der Waals surface area (Å²) in [6.45, 7) is 1.63. The molecule has 0 spiro atoms. The Balaban J connectivity index is 1.93. The molecule has 0 aromatic carbocycles. The van der Waals surface area contributed by atoms with Crippen LogP contribution in [0, 0.1) is 0 Å². The summed E-state index contributed by atoms with van der Waals surface area (Å²) >= 11 is 0. The monoisotopic (exact) mass is 233 g/mol. The van der Waals surface area contributed by atoms with Gasteiger partial charge in [0.25, 0.3) is 0 Å². The maximum Gasteiger partial charge on any atom is 0.227 e. The van der Waals surface area contributed by atoms with Crippen molar-refractivity contribution in [2.45, 2.75) is 12.8 Å². The van der Waals surface area contributed by atoms with E-state index < -0.39 is 0 Å².